The Morgan fingerprint density at radius 3 is 2.38 bits per heavy atom. The Balaban J connectivity index is 1.98. The zero-order valence-electron chi connectivity index (χ0n) is 14.5. The summed E-state index contributed by atoms with van der Waals surface area (Å²) in [4.78, 5) is 12.1. The molecular formula is C18H20Cl2N2O3S. The van der Waals surface area contributed by atoms with Crippen LogP contribution >= 0.6 is 23.2 Å². The first kappa shape index (κ1) is 20.6. The summed E-state index contributed by atoms with van der Waals surface area (Å²) in [6.07, 6.45) is 1.67. The van der Waals surface area contributed by atoms with Crippen LogP contribution in [0.2, 0.25) is 10.0 Å². The van der Waals surface area contributed by atoms with E-state index in [9.17, 15) is 13.2 Å². The third kappa shape index (κ3) is 5.62. The Kier molecular flexibility index (Phi) is 6.92. The molecule has 1 amide bonds. The number of rotatable bonds is 7. The zero-order chi connectivity index (χ0) is 19.3. The Bertz CT molecular complexity index is 884. The lowest BCUT2D eigenvalue weighted by Gasteiger charge is -2.22. The van der Waals surface area contributed by atoms with E-state index in [1.807, 2.05) is 19.1 Å². The smallest absolute Gasteiger partial charge is 0.232 e. The van der Waals surface area contributed by atoms with Gasteiger partial charge in [0.2, 0.25) is 15.9 Å². The molecule has 0 saturated heterocycles. The minimum absolute atomic E-state index is 0.153. The van der Waals surface area contributed by atoms with Crippen molar-refractivity contribution in [1.29, 1.82) is 0 Å². The molecule has 0 radical (unpaired) electrons. The molecule has 0 fully saturated rings. The number of carbonyl (C=O) groups excluding carboxylic acids is 1. The summed E-state index contributed by atoms with van der Waals surface area (Å²) in [6.45, 7) is 2.14. The first-order chi connectivity index (χ1) is 12.2. The number of nitrogens with zero attached hydrogens (tertiary/aromatic N) is 1. The van der Waals surface area contributed by atoms with Gasteiger partial charge in [-0.05, 0) is 37.6 Å². The van der Waals surface area contributed by atoms with E-state index in [-0.39, 0.29) is 23.9 Å². The third-order valence-electron chi connectivity index (χ3n) is 3.71. The maximum atomic E-state index is 12.1. The summed E-state index contributed by atoms with van der Waals surface area (Å²) in [6, 6.07) is 12.2. The van der Waals surface area contributed by atoms with Crippen molar-refractivity contribution >= 4 is 50.5 Å². The van der Waals surface area contributed by atoms with Crippen LogP contribution in [0.15, 0.2) is 42.5 Å². The molecule has 2 aromatic carbocycles. The van der Waals surface area contributed by atoms with E-state index in [0.717, 1.165) is 11.8 Å². The van der Waals surface area contributed by atoms with Gasteiger partial charge in [-0.15, -0.1) is 0 Å². The summed E-state index contributed by atoms with van der Waals surface area (Å²) in [5.41, 5.74) is 2.05. The molecule has 5 nitrogen and oxygen atoms in total. The first-order valence-electron chi connectivity index (χ1n) is 7.97. The molecule has 8 heteroatoms. The number of anilines is 2. The van der Waals surface area contributed by atoms with Crippen molar-refractivity contribution in [2.24, 2.45) is 0 Å². The first-order valence-corrected chi connectivity index (χ1v) is 10.6. The third-order valence-corrected chi connectivity index (χ3v) is 5.73. The van der Waals surface area contributed by atoms with Gasteiger partial charge in [-0.3, -0.25) is 9.10 Å². The van der Waals surface area contributed by atoms with Crippen LogP contribution in [0.5, 0.6) is 0 Å². The lowest BCUT2D eigenvalue weighted by molar-refractivity contribution is -0.116. The molecule has 0 aliphatic rings. The van der Waals surface area contributed by atoms with E-state index in [2.05, 4.69) is 5.32 Å². The Labute approximate surface area is 164 Å². The molecule has 0 aliphatic heterocycles. The van der Waals surface area contributed by atoms with Crippen molar-refractivity contribution in [1.82, 2.24) is 0 Å². The van der Waals surface area contributed by atoms with Gasteiger partial charge in [0.15, 0.2) is 0 Å². The Morgan fingerprint density at radius 1 is 1.12 bits per heavy atom. The van der Waals surface area contributed by atoms with E-state index in [4.69, 9.17) is 23.2 Å². The lowest BCUT2D eigenvalue weighted by atomic mass is 10.2. The second kappa shape index (κ2) is 8.75. The van der Waals surface area contributed by atoms with Crippen molar-refractivity contribution in [2.45, 2.75) is 19.8 Å². The van der Waals surface area contributed by atoms with Crippen LogP contribution in [-0.2, 0) is 14.8 Å². The molecule has 0 unspecified atom stereocenters. The highest BCUT2D eigenvalue weighted by Gasteiger charge is 2.17. The topological polar surface area (TPSA) is 66.5 Å². The SMILES string of the molecule is Cc1ccc(N(CCCC(=O)Nc2cccc(Cl)c2Cl)S(C)(=O)=O)cc1. The average molecular weight is 415 g/mol. The second-order valence-electron chi connectivity index (χ2n) is 5.92. The van der Waals surface area contributed by atoms with Gasteiger partial charge in [0.25, 0.3) is 0 Å². The van der Waals surface area contributed by atoms with E-state index in [1.54, 1.807) is 30.3 Å². The molecule has 0 atom stereocenters. The molecule has 26 heavy (non-hydrogen) atoms. The van der Waals surface area contributed by atoms with Crippen LogP contribution in [0.1, 0.15) is 18.4 Å². The van der Waals surface area contributed by atoms with Crippen molar-refractivity contribution in [3.05, 3.63) is 58.1 Å². The summed E-state index contributed by atoms with van der Waals surface area (Å²) in [5.74, 6) is -0.258. The number of benzene rings is 2. The standard InChI is InChI=1S/C18H20Cl2N2O3S/c1-13-8-10-14(11-9-13)22(26(2,24)25)12-4-7-17(23)21-16-6-3-5-15(19)18(16)20/h3,5-6,8-11H,4,7,12H2,1-2H3,(H,21,23). The van der Waals surface area contributed by atoms with Crippen molar-refractivity contribution in [2.75, 3.05) is 22.4 Å². The highest BCUT2D eigenvalue weighted by atomic mass is 35.5. The van der Waals surface area contributed by atoms with Gasteiger partial charge < -0.3 is 5.32 Å². The fourth-order valence-electron chi connectivity index (χ4n) is 2.39. The lowest BCUT2D eigenvalue weighted by Crippen LogP contribution is -2.31. The van der Waals surface area contributed by atoms with Crippen LogP contribution in [0.3, 0.4) is 0 Å². The molecule has 140 valence electrons. The molecule has 0 saturated carbocycles. The number of halogens is 2. The highest BCUT2D eigenvalue weighted by molar-refractivity contribution is 7.92. The number of aryl methyl sites for hydroxylation is 1. The van der Waals surface area contributed by atoms with E-state index in [1.165, 1.54) is 4.31 Å². The minimum atomic E-state index is -3.44. The normalized spacial score (nSPS) is 11.2. The predicted octanol–water partition coefficient (Wildman–Crippen LogP) is 4.49. The van der Waals surface area contributed by atoms with Gasteiger partial charge in [-0.25, -0.2) is 8.42 Å². The van der Waals surface area contributed by atoms with Gasteiger partial charge in [0.05, 0.1) is 27.7 Å². The molecule has 1 N–H and O–H groups in total. The number of nitrogens with one attached hydrogen (secondary N) is 1. The molecule has 0 bridgehead atoms. The molecule has 0 aliphatic carbocycles. The van der Waals surface area contributed by atoms with Crippen molar-refractivity contribution < 1.29 is 13.2 Å². The number of hydrogen-bond acceptors (Lipinski definition) is 3. The second-order valence-corrected chi connectivity index (χ2v) is 8.62. The molecular weight excluding hydrogens is 395 g/mol. The van der Waals surface area contributed by atoms with Crippen LogP contribution < -0.4 is 9.62 Å². The predicted molar refractivity (Wildman–Crippen MR) is 108 cm³/mol. The van der Waals surface area contributed by atoms with Gasteiger partial charge >= 0.3 is 0 Å². The van der Waals surface area contributed by atoms with E-state index in [0.29, 0.717) is 22.8 Å². The quantitative estimate of drug-likeness (QED) is 0.725. The van der Waals surface area contributed by atoms with E-state index >= 15 is 0 Å². The van der Waals surface area contributed by atoms with Gasteiger partial charge in [0.1, 0.15) is 0 Å². The van der Waals surface area contributed by atoms with Gasteiger partial charge in [-0.2, -0.15) is 0 Å². The van der Waals surface area contributed by atoms with Crippen molar-refractivity contribution in [3.8, 4) is 0 Å². The van der Waals surface area contributed by atoms with Gasteiger partial charge in [0, 0.05) is 13.0 Å². The highest BCUT2D eigenvalue weighted by Crippen LogP contribution is 2.29. The number of sulfonamides is 1. The molecule has 0 heterocycles. The zero-order valence-corrected chi connectivity index (χ0v) is 16.8. The van der Waals surface area contributed by atoms with Gasteiger partial charge in [-0.1, -0.05) is 47.0 Å². The summed E-state index contributed by atoms with van der Waals surface area (Å²) in [5, 5.41) is 3.32. The number of hydrogen-bond donors (Lipinski definition) is 1. The monoisotopic (exact) mass is 414 g/mol. The van der Waals surface area contributed by atoms with E-state index < -0.39 is 10.0 Å². The number of carbonyl (C=O) groups is 1. The largest absolute Gasteiger partial charge is 0.325 e. The van der Waals surface area contributed by atoms with Crippen LogP contribution in [0, 0.1) is 6.92 Å². The average Bonchev–Trinajstić information content (AvgIpc) is 2.56. The fraction of sp³-hybridized carbons (Fsp3) is 0.278. The maximum absolute atomic E-state index is 12.1. The summed E-state index contributed by atoms with van der Waals surface area (Å²) < 4.78 is 25.4. The number of amides is 1. The maximum Gasteiger partial charge on any atom is 0.232 e. The fourth-order valence-corrected chi connectivity index (χ4v) is 3.71. The Morgan fingerprint density at radius 2 is 1.77 bits per heavy atom. The van der Waals surface area contributed by atoms with Crippen LogP contribution in [0.25, 0.3) is 0 Å². The van der Waals surface area contributed by atoms with Crippen LogP contribution in [-0.4, -0.2) is 27.1 Å². The minimum Gasteiger partial charge on any atom is -0.325 e. The molecule has 0 aromatic heterocycles. The molecule has 2 rings (SSSR count). The molecule has 0 spiro atoms. The molecule has 2 aromatic rings. The van der Waals surface area contributed by atoms with Crippen molar-refractivity contribution in [3.63, 3.8) is 0 Å². The van der Waals surface area contributed by atoms with Crippen LogP contribution in [0.4, 0.5) is 11.4 Å². The summed E-state index contributed by atoms with van der Waals surface area (Å²) in [7, 11) is -3.44. The Hall–Kier alpha value is -1.76. The summed E-state index contributed by atoms with van der Waals surface area (Å²) >= 11 is 12.0.